The van der Waals surface area contributed by atoms with E-state index in [0.29, 0.717) is 25.2 Å². The minimum atomic E-state index is -4.98. The number of hydrogen-bond acceptors (Lipinski definition) is 4. The zero-order chi connectivity index (χ0) is 25.8. The van der Waals surface area contributed by atoms with Crippen LogP contribution in [0.2, 0.25) is 0 Å². The molecule has 0 aromatic heterocycles. The molecule has 0 heterocycles. The molecular formula is C26H30F3NO5. The maximum Gasteiger partial charge on any atom is 0.418 e. The van der Waals surface area contributed by atoms with Crippen molar-refractivity contribution in [1.82, 2.24) is 5.32 Å². The minimum Gasteiger partial charge on any atom is -0.493 e. The second-order valence-electron chi connectivity index (χ2n) is 9.31. The van der Waals surface area contributed by atoms with Gasteiger partial charge in [-0.15, -0.1) is 0 Å². The molecule has 0 saturated heterocycles. The van der Waals surface area contributed by atoms with Crippen molar-refractivity contribution in [2.45, 2.75) is 63.8 Å². The van der Waals surface area contributed by atoms with Crippen molar-refractivity contribution < 1.29 is 37.7 Å². The molecule has 0 aliphatic heterocycles. The van der Waals surface area contributed by atoms with E-state index in [2.05, 4.69) is 5.32 Å². The normalized spacial score (nSPS) is 21.3. The van der Waals surface area contributed by atoms with Gasteiger partial charge in [-0.3, -0.25) is 4.79 Å². The van der Waals surface area contributed by atoms with Gasteiger partial charge in [-0.25, -0.2) is 4.79 Å². The van der Waals surface area contributed by atoms with Gasteiger partial charge in [0.15, 0.2) is 6.10 Å². The van der Waals surface area contributed by atoms with E-state index in [1.165, 1.54) is 12.1 Å². The molecule has 3 N–H and O–H groups in total. The Morgan fingerprint density at radius 3 is 2.46 bits per heavy atom. The molecule has 2 aromatic rings. The smallest absolute Gasteiger partial charge is 0.418 e. The highest BCUT2D eigenvalue weighted by Gasteiger charge is 2.44. The molecule has 1 saturated carbocycles. The number of carbonyl (C=O) groups excluding carboxylic acids is 1. The molecule has 190 valence electrons. The number of ether oxygens (including phenoxy) is 1. The SMILES string of the molecule is Cc1cccc(CCOc2ccc(C(=O)N[C@]3(C(=O)O)CC[C@@H](C)CC3)cc2C(O)C(F)(F)F)c1. The minimum absolute atomic E-state index is 0.0624. The first-order chi connectivity index (χ1) is 16.4. The van der Waals surface area contributed by atoms with E-state index in [-0.39, 0.29) is 30.8 Å². The molecule has 6 nitrogen and oxygen atoms in total. The Morgan fingerprint density at radius 1 is 1.17 bits per heavy atom. The summed E-state index contributed by atoms with van der Waals surface area (Å²) < 4.78 is 45.7. The number of rotatable bonds is 8. The standard InChI is InChI=1S/C26H30F3NO5/c1-16-8-11-25(12-9-16,24(33)34)30-23(32)19-6-7-21(20(15-19)22(31)26(27,28)29)35-13-10-18-5-3-4-17(2)14-18/h3-7,14-16,22,31H,8-13H2,1-2H3,(H,30,32)(H,33,34)/t16-,22?,25-. The van der Waals surface area contributed by atoms with E-state index < -0.39 is 35.3 Å². The van der Waals surface area contributed by atoms with Crippen LogP contribution >= 0.6 is 0 Å². The van der Waals surface area contributed by atoms with Crippen LogP contribution in [0, 0.1) is 12.8 Å². The molecule has 0 radical (unpaired) electrons. The lowest BCUT2D eigenvalue weighted by Crippen LogP contribution is -2.56. The number of hydrogen-bond donors (Lipinski definition) is 3. The van der Waals surface area contributed by atoms with E-state index in [1.54, 1.807) is 0 Å². The lowest BCUT2D eigenvalue weighted by molar-refractivity contribution is -0.207. The Balaban J connectivity index is 1.82. The Morgan fingerprint density at radius 2 is 1.86 bits per heavy atom. The molecule has 1 fully saturated rings. The van der Waals surface area contributed by atoms with E-state index in [9.17, 15) is 33.0 Å². The van der Waals surface area contributed by atoms with Gasteiger partial charge in [0.25, 0.3) is 5.91 Å². The Labute approximate surface area is 202 Å². The topological polar surface area (TPSA) is 95.9 Å². The van der Waals surface area contributed by atoms with Gasteiger partial charge < -0.3 is 20.3 Å². The van der Waals surface area contributed by atoms with Crippen LogP contribution in [0.15, 0.2) is 42.5 Å². The summed E-state index contributed by atoms with van der Waals surface area (Å²) in [7, 11) is 0. The Hall–Kier alpha value is -3.07. The molecule has 0 spiro atoms. The third-order valence-corrected chi connectivity index (χ3v) is 6.50. The van der Waals surface area contributed by atoms with Crippen molar-refractivity contribution in [1.29, 1.82) is 0 Å². The van der Waals surface area contributed by atoms with Crippen LogP contribution in [0.25, 0.3) is 0 Å². The summed E-state index contributed by atoms with van der Waals surface area (Å²) in [6.07, 6.45) is -5.73. The summed E-state index contributed by atoms with van der Waals surface area (Å²) in [5.41, 5.74) is -0.281. The second-order valence-corrected chi connectivity index (χ2v) is 9.31. The molecule has 3 rings (SSSR count). The number of amides is 1. The summed E-state index contributed by atoms with van der Waals surface area (Å²) in [5.74, 6) is -1.86. The number of carboxylic acid groups (broad SMARTS) is 1. The molecule has 1 aliphatic carbocycles. The molecule has 1 amide bonds. The van der Waals surface area contributed by atoms with Crippen LogP contribution in [0.4, 0.5) is 13.2 Å². The van der Waals surface area contributed by atoms with E-state index in [1.807, 2.05) is 38.1 Å². The zero-order valence-corrected chi connectivity index (χ0v) is 19.7. The number of alkyl halides is 3. The van der Waals surface area contributed by atoms with E-state index in [4.69, 9.17) is 4.74 Å². The Bertz CT molecular complexity index is 1060. The predicted molar refractivity (Wildman–Crippen MR) is 123 cm³/mol. The van der Waals surface area contributed by atoms with Crippen molar-refractivity contribution in [2.24, 2.45) is 5.92 Å². The van der Waals surface area contributed by atoms with Gasteiger partial charge in [0.2, 0.25) is 0 Å². The van der Waals surface area contributed by atoms with Crippen LogP contribution in [-0.4, -0.2) is 40.4 Å². The van der Waals surface area contributed by atoms with Gasteiger partial charge in [-0.05, 0) is 62.3 Å². The summed E-state index contributed by atoms with van der Waals surface area (Å²) >= 11 is 0. The third kappa shape index (κ3) is 6.54. The first-order valence-corrected chi connectivity index (χ1v) is 11.5. The van der Waals surface area contributed by atoms with Gasteiger partial charge in [0.1, 0.15) is 11.3 Å². The number of aliphatic hydroxyl groups is 1. The van der Waals surface area contributed by atoms with Gasteiger partial charge in [0, 0.05) is 17.5 Å². The van der Waals surface area contributed by atoms with Crippen LogP contribution in [0.1, 0.15) is 65.8 Å². The summed E-state index contributed by atoms with van der Waals surface area (Å²) in [5, 5.41) is 22.2. The predicted octanol–water partition coefficient (Wildman–Crippen LogP) is 4.98. The van der Waals surface area contributed by atoms with Crippen LogP contribution in [-0.2, 0) is 11.2 Å². The highest BCUT2D eigenvalue weighted by atomic mass is 19.4. The maximum absolute atomic E-state index is 13.4. The number of aliphatic hydroxyl groups excluding tert-OH is 1. The molecule has 1 atom stereocenters. The largest absolute Gasteiger partial charge is 0.493 e. The molecule has 9 heteroatoms. The average Bonchev–Trinajstić information content (AvgIpc) is 2.79. The fourth-order valence-electron chi connectivity index (χ4n) is 4.29. The lowest BCUT2D eigenvalue weighted by atomic mass is 9.77. The van der Waals surface area contributed by atoms with Crippen molar-refractivity contribution in [2.75, 3.05) is 6.61 Å². The molecule has 1 unspecified atom stereocenters. The first kappa shape index (κ1) is 26.5. The fourth-order valence-corrected chi connectivity index (χ4v) is 4.29. The van der Waals surface area contributed by atoms with Crippen LogP contribution in [0.3, 0.4) is 0 Å². The molecule has 1 aliphatic rings. The van der Waals surface area contributed by atoms with Crippen molar-refractivity contribution in [3.63, 3.8) is 0 Å². The molecular weight excluding hydrogens is 463 g/mol. The highest BCUT2D eigenvalue weighted by molar-refractivity contribution is 5.98. The number of nitrogens with one attached hydrogen (secondary N) is 1. The van der Waals surface area contributed by atoms with Crippen molar-refractivity contribution >= 4 is 11.9 Å². The molecule has 2 aromatic carbocycles. The van der Waals surface area contributed by atoms with Gasteiger partial charge in [-0.1, -0.05) is 36.8 Å². The van der Waals surface area contributed by atoms with Crippen molar-refractivity contribution in [3.05, 3.63) is 64.7 Å². The van der Waals surface area contributed by atoms with Crippen LogP contribution in [0.5, 0.6) is 5.75 Å². The summed E-state index contributed by atoms with van der Waals surface area (Å²) in [6.45, 7) is 3.98. The number of aryl methyl sites for hydroxylation is 1. The molecule has 0 bridgehead atoms. The third-order valence-electron chi connectivity index (χ3n) is 6.50. The summed E-state index contributed by atoms with van der Waals surface area (Å²) in [4.78, 5) is 24.8. The first-order valence-electron chi connectivity index (χ1n) is 11.5. The number of benzene rings is 2. The van der Waals surface area contributed by atoms with Crippen molar-refractivity contribution in [3.8, 4) is 5.75 Å². The average molecular weight is 494 g/mol. The quantitative estimate of drug-likeness (QED) is 0.482. The van der Waals surface area contributed by atoms with Gasteiger partial charge in [-0.2, -0.15) is 13.2 Å². The number of carboxylic acids is 1. The number of carbonyl (C=O) groups is 2. The second kappa shape index (κ2) is 10.7. The Kier molecular flexibility index (Phi) is 8.10. The molecule has 35 heavy (non-hydrogen) atoms. The van der Waals surface area contributed by atoms with E-state index >= 15 is 0 Å². The maximum atomic E-state index is 13.4. The fraction of sp³-hybridized carbons (Fsp3) is 0.462. The number of aliphatic carboxylic acids is 1. The summed E-state index contributed by atoms with van der Waals surface area (Å²) in [6, 6.07) is 11.0. The lowest BCUT2D eigenvalue weighted by Gasteiger charge is -2.36. The van der Waals surface area contributed by atoms with E-state index in [0.717, 1.165) is 17.2 Å². The monoisotopic (exact) mass is 493 g/mol. The highest BCUT2D eigenvalue weighted by Crippen LogP contribution is 2.38. The number of halogens is 3. The van der Waals surface area contributed by atoms with Gasteiger partial charge >= 0.3 is 12.1 Å². The zero-order valence-electron chi connectivity index (χ0n) is 19.7. The van der Waals surface area contributed by atoms with Gasteiger partial charge in [0.05, 0.1) is 6.61 Å². The van der Waals surface area contributed by atoms with Crippen LogP contribution < -0.4 is 10.1 Å².